The number of hydrogen-bond donors (Lipinski definition) is 0. The summed E-state index contributed by atoms with van der Waals surface area (Å²) in [7, 11) is -0.768. The molecule has 0 bridgehead atoms. The Hall–Kier alpha value is 0.354. The average Bonchev–Trinajstić information content (AvgIpc) is 2.43. The third kappa shape index (κ3) is 13.3. The summed E-state index contributed by atoms with van der Waals surface area (Å²) in [5.74, 6) is 2.87. The van der Waals surface area contributed by atoms with Crippen LogP contribution in [0.2, 0.25) is 5.67 Å². The highest BCUT2D eigenvalue weighted by molar-refractivity contribution is 6.48. The molecule has 0 aromatic heterocycles. The molecule has 0 aliphatic heterocycles. The fourth-order valence-electron chi connectivity index (χ4n) is 2.74. The van der Waals surface area contributed by atoms with Crippen LogP contribution in [-0.4, -0.2) is 31.7 Å². The molecule has 0 fully saturated rings. The summed E-state index contributed by atoms with van der Waals surface area (Å²) < 4.78 is 12.6. The van der Waals surface area contributed by atoms with Crippen LogP contribution in [-0.2, 0) is 8.85 Å². The molecule has 140 valence electrons. The van der Waals surface area contributed by atoms with Gasteiger partial charge in [-0.15, -0.1) is 0 Å². The van der Waals surface area contributed by atoms with Gasteiger partial charge in [0.15, 0.2) is 19.5 Å². The first-order valence-corrected chi connectivity index (χ1v) is 13.1. The Balaban J connectivity index is 3.93. The fraction of sp³-hybridized carbons (Fsp3) is 1.00. The lowest BCUT2D eigenvalue weighted by Crippen LogP contribution is -2.26. The predicted octanol–water partition coefficient (Wildman–Crippen LogP) is 4.48. The summed E-state index contributed by atoms with van der Waals surface area (Å²) in [5, 5.41) is 0. The molecule has 0 aromatic rings. The second-order valence-electron chi connectivity index (χ2n) is 8.60. The molecular formula is C19H44O2Si2. The second kappa shape index (κ2) is 13.6. The number of rotatable bonds is 14. The SMILES string of the molecule is CC(C)CCC(O[SiH2]C[SiH2]OC(CCC(C)C)C(C)C)C(C)C. The van der Waals surface area contributed by atoms with Gasteiger partial charge >= 0.3 is 0 Å². The van der Waals surface area contributed by atoms with Crippen molar-refractivity contribution < 1.29 is 8.85 Å². The van der Waals surface area contributed by atoms with E-state index in [1.54, 1.807) is 0 Å². The van der Waals surface area contributed by atoms with Crippen molar-refractivity contribution >= 4 is 19.5 Å². The van der Waals surface area contributed by atoms with Gasteiger partial charge in [-0.25, -0.2) is 0 Å². The minimum Gasteiger partial charge on any atom is -0.421 e. The van der Waals surface area contributed by atoms with Crippen LogP contribution in [0.5, 0.6) is 0 Å². The predicted molar refractivity (Wildman–Crippen MR) is 109 cm³/mol. The van der Waals surface area contributed by atoms with Crippen LogP contribution in [0.15, 0.2) is 0 Å². The van der Waals surface area contributed by atoms with Crippen molar-refractivity contribution in [2.24, 2.45) is 23.7 Å². The zero-order valence-electron chi connectivity index (χ0n) is 17.2. The van der Waals surface area contributed by atoms with Crippen molar-refractivity contribution in [3.05, 3.63) is 0 Å². The molecule has 0 spiro atoms. The Kier molecular flexibility index (Phi) is 13.8. The van der Waals surface area contributed by atoms with Crippen LogP contribution < -0.4 is 0 Å². The zero-order chi connectivity index (χ0) is 17.8. The lowest BCUT2D eigenvalue weighted by atomic mass is 9.98. The lowest BCUT2D eigenvalue weighted by Gasteiger charge is -2.24. The molecule has 2 nitrogen and oxygen atoms in total. The van der Waals surface area contributed by atoms with E-state index in [4.69, 9.17) is 8.85 Å². The lowest BCUT2D eigenvalue weighted by molar-refractivity contribution is 0.136. The molecular weight excluding hydrogens is 316 g/mol. The third-order valence-electron chi connectivity index (χ3n) is 4.50. The van der Waals surface area contributed by atoms with Gasteiger partial charge in [0, 0.05) is 12.2 Å². The van der Waals surface area contributed by atoms with Crippen molar-refractivity contribution in [3.63, 3.8) is 0 Å². The van der Waals surface area contributed by atoms with E-state index in [2.05, 4.69) is 55.4 Å². The van der Waals surface area contributed by atoms with Crippen molar-refractivity contribution in [1.82, 2.24) is 0 Å². The summed E-state index contributed by atoms with van der Waals surface area (Å²) in [6.45, 7) is 18.4. The standard InChI is InChI=1S/C19H44O2Si2/c1-14(2)9-11-18(16(5)6)20-22-13-23-21-19(17(7)8)12-10-15(3)4/h14-19H,9-13,22-23H2,1-8H3. The van der Waals surface area contributed by atoms with E-state index in [-0.39, 0.29) is 19.5 Å². The largest absolute Gasteiger partial charge is 0.421 e. The van der Waals surface area contributed by atoms with Gasteiger partial charge in [-0.3, -0.25) is 0 Å². The summed E-state index contributed by atoms with van der Waals surface area (Å²) >= 11 is 0. The van der Waals surface area contributed by atoms with Gasteiger partial charge < -0.3 is 8.85 Å². The van der Waals surface area contributed by atoms with E-state index in [1.807, 2.05) is 0 Å². The average molecular weight is 361 g/mol. The molecule has 0 radical (unpaired) electrons. The maximum Gasteiger partial charge on any atom is 0.161 e. The van der Waals surface area contributed by atoms with Crippen molar-refractivity contribution in [2.75, 3.05) is 0 Å². The molecule has 0 saturated heterocycles. The minimum atomic E-state index is -0.384. The number of hydrogen-bond acceptors (Lipinski definition) is 2. The van der Waals surface area contributed by atoms with Crippen LogP contribution in [0, 0.1) is 23.7 Å². The first-order valence-electron chi connectivity index (χ1n) is 9.97. The van der Waals surface area contributed by atoms with Crippen molar-refractivity contribution in [3.8, 4) is 0 Å². The Labute approximate surface area is 151 Å². The fourth-order valence-corrected chi connectivity index (χ4v) is 6.26. The van der Waals surface area contributed by atoms with Crippen LogP contribution >= 0.6 is 0 Å². The molecule has 0 saturated carbocycles. The smallest absolute Gasteiger partial charge is 0.161 e. The molecule has 4 heteroatoms. The maximum absolute atomic E-state index is 6.29. The van der Waals surface area contributed by atoms with Crippen LogP contribution in [0.3, 0.4) is 0 Å². The van der Waals surface area contributed by atoms with Crippen LogP contribution in [0.25, 0.3) is 0 Å². The van der Waals surface area contributed by atoms with Gasteiger partial charge in [-0.1, -0.05) is 55.4 Å². The van der Waals surface area contributed by atoms with Crippen LogP contribution in [0.4, 0.5) is 0 Å². The summed E-state index contributed by atoms with van der Waals surface area (Å²) in [6.07, 6.45) is 6.01. The molecule has 0 aliphatic carbocycles. The van der Waals surface area contributed by atoms with Gasteiger partial charge in [-0.2, -0.15) is 0 Å². The highest BCUT2D eigenvalue weighted by atomic mass is 28.3. The molecule has 23 heavy (non-hydrogen) atoms. The van der Waals surface area contributed by atoms with Crippen LogP contribution in [0.1, 0.15) is 81.1 Å². The van der Waals surface area contributed by atoms with Gasteiger partial charge in [0.25, 0.3) is 0 Å². The van der Waals surface area contributed by atoms with Gasteiger partial charge in [0.1, 0.15) is 0 Å². The minimum absolute atomic E-state index is 0.384. The van der Waals surface area contributed by atoms with Gasteiger partial charge in [0.2, 0.25) is 0 Å². The summed E-state index contributed by atoms with van der Waals surface area (Å²) in [4.78, 5) is 0. The normalized spacial score (nSPS) is 16.2. The van der Waals surface area contributed by atoms with Crippen molar-refractivity contribution in [1.29, 1.82) is 0 Å². The maximum atomic E-state index is 6.29. The molecule has 0 N–H and O–H groups in total. The Morgan fingerprint density at radius 1 is 0.565 bits per heavy atom. The molecule has 0 amide bonds. The van der Waals surface area contributed by atoms with E-state index < -0.39 is 0 Å². The Morgan fingerprint density at radius 3 is 1.17 bits per heavy atom. The highest BCUT2D eigenvalue weighted by Gasteiger charge is 2.16. The Morgan fingerprint density at radius 2 is 0.913 bits per heavy atom. The topological polar surface area (TPSA) is 18.5 Å². The van der Waals surface area contributed by atoms with E-state index in [1.165, 1.54) is 31.4 Å². The molecule has 0 heterocycles. The third-order valence-corrected chi connectivity index (χ3v) is 8.13. The summed E-state index contributed by atoms with van der Waals surface area (Å²) in [5.41, 5.74) is 1.29. The first kappa shape index (κ1) is 23.4. The summed E-state index contributed by atoms with van der Waals surface area (Å²) in [6, 6.07) is 0. The molecule has 0 aromatic carbocycles. The Bertz CT molecular complexity index is 242. The van der Waals surface area contributed by atoms with E-state index in [0.29, 0.717) is 24.0 Å². The second-order valence-corrected chi connectivity index (χ2v) is 12.9. The van der Waals surface area contributed by atoms with E-state index in [0.717, 1.165) is 11.8 Å². The molecule has 2 unspecified atom stereocenters. The zero-order valence-corrected chi connectivity index (χ0v) is 20.1. The van der Waals surface area contributed by atoms with Gasteiger partial charge in [0.05, 0.1) is 0 Å². The molecule has 2 atom stereocenters. The van der Waals surface area contributed by atoms with Crippen molar-refractivity contribution in [2.45, 2.75) is 98.9 Å². The van der Waals surface area contributed by atoms with E-state index in [9.17, 15) is 0 Å². The monoisotopic (exact) mass is 360 g/mol. The van der Waals surface area contributed by atoms with E-state index >= 15 is 0 Å². The quantitative estimate of drug-likeness (QED) is 0.336. The highest BCUT2D eigenvalue weighted by Crippen LogP contribution is 2.18. The van der Waals surface area contributed by atoms with Gasteiger partial charge in [-0.05, 0) is 55.0 Å². The first-order chi connectivity index (χ1) is 10.7. The molecule has 0 rings (SSSR count). The molecule has 0 aliphatic rings.